The molecule has 0 radical (unpaired) electrons. The molecule has 1 aliphatic heterocycles. The van der Waals surface area contributed by atoms with E-state index < -0.39 is 0 Å². The Balaban J connectivity index is 1.83. The van der Waals surface area contributed by atoms with Crippen LogP contribution >= 0.6 is 0 Å². The van der Waals surface area contributed by atoms with E-state index in [2.05, 4.69) is 46.4 Å². The highest BCUT2D eigenvalue weighted by Crippen LogP contribution is 2.13. The topological polar surface area (TPSA) is 64.7 Å². The highest BCUT2D eigenvalue weighted by molar-refractivity contribution is 5.76. The van der Waals surface area contributed by atoms with Gasteiger partial charge in [-0.15, -0.1) is 0 Å². The Hall–Kier alpha value is -1.40. The minimum Gasteiger partial charge on any atom is -0.356 e. The normalized spacial score (nSPS) is 14.2. The lowest BCUT2D eigenvalue weighted by Gasteiger charge is -2.34. The first kappa shape index (κ1) is 44.6. The molecule has 0 atom stereocenters. The van der Waals surface area contributed by atoms with Crippen molar-refractivity contribution in [2.75, 3.05) is 52.4 Å². The smallest absolute Gasteiger partial charge is 0.219 e. The summed E-state index contributed by atoms with van der Waals surface area (Å²) in [5, 5.41) is 6.27. The van der Waals surface area contributed by atoms with Gasteiger partial charge in [0, 0.05) is 52.1 Å². The molecule has 1 aliphatic rings. The summed E-state index contributed by atoms with van der Waals surface area (Å²) >= 11 is 0. The van der Waals surface area contributed by atoms with Crippen molar-refractivity contribution in [1.82, 2.24) is 20.4 Å². The zero-order valence-corrected chi connectivity index (χ0v) is 32.3. The fourth-order valence-corrected chi connectivity index (χ4v) is 6.78. The number of hydrogen-bond donors (Lipinski definition) is 2. The highest BCUT2D eigenvalue weighted by Gasteiger charge is 2.16. The van der Waals surface area contributed by atoms with Crippen molar-refractivity contribution in [3.63, 3.8) is 0 Å². The van der Waals surface area contributed by atoms with Crippen LogP contribution in [0.2, 0.25) is 0 Å². The van der Waals surface area contributed by atoms with Crippen LogP contribution in [0.3, 0.4) is 0 Å². The van der Waals surface area contributed by atoms with E-state index in [-0.39, 0.29) is 11.8 Å². The number of carbonyl (C=O) groups excluding carboxylic acids is 2. The number of nitrogens with one attached hydrogen (secondary N) is 2. The van der Waals surface area contributed by atoms with Crippen molar-refractivity contribution in [2.45, 2.75) is 194 Å². The Morgan fingerprint density at radius 2 is 0.750 bits per heavy atom. The van der Waals surface area contributed by atoms with Crippen LogP contribution in [0.1, 0.15) is 194 Å². The maximum Gasteiger partial charge on any atom is 0.219 e. The summed E-state index contributed by atoms with van der Waals surface area (Å²) in [5.41, 5.74) is 0. The van der Waals surface area contributed by atoms with Crippen LogP contribution in [-0.2, 0) is 9.59 Å². The van der Waals surface area contributed by atoms with E-state index in [9.17, 15) is 9.59 Å². The van der Waals surface area contributed by atoms with Crippen LogP contribution in [0.5, 0.6) is 0 Å². The molecule has 0 spiro atoms. The van der Waals surface area contributed by atoms with Gasteiger partial charge in [-0.2, -0.15) is 0 Å². The molecule has 282 valence electrons. The zero-order chi connectivity index (χ0) is 34.6. The first-order valence-electron chi connectivity index (χ1n) is 21.3. The molecule has 0 aromatic rings. The predicted octanol–water partition coefficient (Wildman–Crippen LogP) is 10.4. The summed E-state index contributed by atoms with van der Waals surface area (Å²) in [5.74, 6) is 0.457. The maximum atomic E-state index is 12.2. The lowest BCUT2D eigenvalue weighted by atomic mass is 10.1. The van der Waals surface area contributed by atoms with Crippen molar-refractivity contribution in [3.05, 3.63) is 12.2 Å². The van der Waals surface area contributed by atoms with E-state index in [1.165, 1.54) is 141 Å². The fraction of sp³-hybridized carbons (Fsp3) is 0.905. The van der Waals surface area contributed by atoms with Crippen LogP contribution < -0.4 is 10.6 Å². The lowest BCUT2D eigenvalue weighted by Crippen LogP contribution is -2.47. The van der Waals surface area contributed by atoms with Crippen LogP contribution in [0, 0.1) is 0 Å². The Kier molecular flexibility index (Phi) is 32.9. The van der Waals surface area contributed by atoms with E-state index in [1.54, 1.807) is 0 Å². The molecule has 0 aromatic carbocycles. The van der Waals surface area contributed by atoms with E-state index >= 15 is 0 Å². The monoisotopic (exact) mass is 675 g/mol. The molecule has 0 bridgehead atoms. The minimum atomic E-state index is 0.225. The van der Waals surface area contributed by atoms with E-state index in [0.29, 0.717) is 12.8 Å². The number of rotatable bonds is 35. The molecule has 6 heteroatoms. The van der Waals surface area contributed by atoms with Gasteiger partial charge in [0.25, 0.3) is 0 Å². The average Bonchev–Trinajstić information content (AvgIpc) is 3.09. The average molecular weight is 675 g/mol. The molecule has 0 saturated carbocycles. The van der Waals surface area contributed by atoms with Crippen LogP contribution in [-0.4, -0.2) is 74.0 Å². The summed E-state index contributed by atoms with van der Waals surface area (Å²) in [6.07, 6.45) is 39.5. The summed E-state index contributed by atoms with van der Waals surface area (Å²) in [7, 11) is 0. The number of carbonyl (C=O) groups is 2. The number of piperazine rings is 1. The van der Waals surface area contributed by atoms with E-state index in [0.717, 1.165) is 78.0 Å². The molecule has 1 rings (SSSR count). The second kappa shape index (κ2) is 35.4. The fourth-order valence-electron chi connectivity index (χ4n) is 6.78. The molecule has 1 fully saturated rings. The molecule has 0 aliphatic carbocycles. The van der Waals surface area contributed by atoms with E-state index in [4.69, 9.17) is 0 Å². The first-order chi connectivity index (χ1) is 23.7. The predicted molar refractivity (Wildman–Crippen MR) is 209 cm³/mol. The molecule has 2 amide bonds. The molecule has 1 saturated heterocycles. The molecule has 48 heavy (non-hydrogen) atoms. The Morgan fingerprint density at radius 3 is 1.10 bits per heavy atom. The van der Waals surface area contributed by atoms with Crippen molar-refractivity contribution in [1.29, 1.82) is 0 Å². The van der Waals surface area contributed by atoms with Crippen molar-refractivity contribution >= 4 is 11.8 Å². The lowest BCUT2D eigenvalue weighted by molar-refractivity contribution is -0.122. The van der Waals surface area contributed by atoms with Crippen molar-refractivity contribution < 1.29 is 9.59 Å². The third kappa shape index (κ3) is 30.6. The summed E-state index contributed by atoms with van der Waals surface area (Å²) in [6, 6.07) is 0. The van der Waals surface area contributed by atoms with Gasteiger partial charge in [0.15, 0.2) is 0 Å². The SMILES string of the molecule is CCCCCCCC/C=C\CCCCCCCC(=O)NCCCN1CCN(CCCNC(=O)CCCCCCCCCCCCC)CC1. The minimum absolute atomic E-state index is 0.225. The Labute approximate surface area is 299 Å². The molecular formula is C42H82N4O2. The Morgan fingerprint density at radius 1 is 0.438 bits per heavy atom. The van der Waals surface area contributed by atoms with E-state index in [1.807, 2.05) is 0 Å². The van der Waals surface area contributed by atoms with Crippen molar-refractivity contribution in [3.8, 4) is 0 Å². The van der Waals surface area contributed by atoms with Gasteiger partial charge in [-0.1, -0.05) is 142 Å². The van der Waals surface area contributed by atoms with Gasteiger partial charge in [-0.3, -0.25) is 9.59 Å². The van der Waals surface area contributed by atoms with Gasteiger partial charge in [0.1, 0.15) is 0 Å². The standard InChI is InChI=1S/C42H82N4O2/c1-3-5-7-9-11-13-15-16-17-18-20-22-24-26-28-32-42(48)44-34-30-36-46-39-37-45(38-40-46)35-29-33-43-41(47)31-27-25-23-21-19-14-12-10-8-6-4-2/h16-17H,3-15,18-40H2,1-2H3,(H,43,47)(H,44,48)/b17-16-. The van der Waals surface area contributed by atoms with Gasteiger partial charge in [-0.05, 0) is 64.5 Å². The van der Waals surface area contributed by atoms with Gasteiger partial charge in [0.2, 0.25) is 11.8 Å². The number of unbranched alkanes of at least 4 members (excludes halogenated alkanes) is 21. The number of hydrogen-bond acceptors (Lipinski definition) is 4. The third-order valence-electron chi connectivity index (χ3n) is 10.1. The Bertz CT molecular complexity index is 735. The second-order valence-electron chi connectivity index (χ2n) is 14.7. The summed E-state index contributed by atoms with van der Waals surface area (Å²) < 4.78 is 0. The van der Waals surface area contributed by atoms with Gasteiger partial charge >= 0.3 is 0 Å². The quantitative estimate of drug-likeness (QED) is 0.0519. The van der Waals surface area contributed by atoms with Gasteiger partial charge in [-0.25, -0.2) is 0 Å². The number of amides is 2. The number of nitrogens with zero attached hydrogens (tertiary/aromatic N) is 2. The summed E-state index contributed by atoms with van der Waals surface area (Å²) in [6.45, 7) is 12.7. The largest absolute Gasteiger partial charge is 0.356 e. The first-order valence-corrected chi connectivity index (χ1v) is 21.3. The molecular weight excluding hydrogens is 592 g/mol. The number of allylic oxidation sites excluding steroid dienone is 2. The molecule has 0 aromatic heterocycles. The molecule has 1 heterocycles. The molecule has 0 unspecified atom stereocenters. The maximum absolute atomic E-state index is 12.2. The van der Waals surface area contributed by atoms with Gasteiger partial charge < -0.3 is 20.4 Å². The zero-order valence-electron chi connectivity index (χ0n) is 32.3. The molecule has 6 nitrogen and oxygen atoms in total. The van der Waals surface area contributed by atoms with Crippen molar-refractivity contribution in [2.24, 2.45) is 0 Å². The molecule has 2 N–H and O–H groups in total. The van der Waals surface area contributed by atoms with Crippen LogP contribution in [0.25, 0.3) is 0 Å². The second-order valence-corrected chi connectivity index (χ2v) is 14.7. The van der Waals surface area contributed by atoms with Crippen LogP contribution in [0.15, 0.2) is 12.2 Å². The third-order valence-corrected chi connectivity index (χ3v) is 10.1. The highest BCUT2D eigenvalue weighted by atomic mass is 16.2. The van der Waals surface area contributed by atoms with Crippen LogP contribution in [0.4, 0.5) is 0 Å². The van der Waals surface area contributed by atoms with Gasteiger partial charge in [0.05, 0.1) is 0 Å². The summed E-state index contributed by atoms with van der Waals surface area (Å²) in [4.78, 5) is 29.4.